The summed E-state index contributed by atoms with van der Waals surface area (Å²) in [5, 5.41) is 74.3. The Morgan fingerprint density at radius 1 is 0.372 bits per heavy atom. The van der Waals surface area contributed by atoms with E-state index in [1.165, 1.54) is 0 Å². The molecule has 5 N–H and O–H groups in total. The molecule has 23 heteroatoms. The van der Waals surface area contributed by atoms with E-state index in [0.29, 0.717) is 0 Å². The molecular formula is C20H29K2N4NaO16. The van der Waals surface area contributed by atoms with E-state index >= 15 is 0 Å². The molecule has 0 radical (unpaired) electrons. The number of carbonyl (C=O) groups is 8. The molecule has 0 aliphatic heterocycles. The number of aliphatic carboxylic acids is 8. The summed E-state index contributed by atoms with van der Waals surface area (Å²) in [6.45, 7) is -5.25. The monoisotopic (exact) mass is 682 g/mol. The van der Waals surface area contributed by atoms with Gasteiger partial charge in [0.15, 0.2) is 0 Å². The molecule has 0 aliphatic carbocycles. The zero-order valence-electron chi connectivity index (χ0n) is 24.0. The standard InChI is InChI=1S/2C10H16N2O8.2K.Na/c2*13-7(14)3-11(4-8(15)16)1-2-12(5-9(17)18)6-10(19)20;;;/h2*1-6H2,(H,13,14)(H,15,16)(H,17,18)(H,19,20);;;/q;;3*+1/p-3. The van der Waals surface area contributed by atoms with Gasteiger partial charge in [0.05, 0.1) is 50.6 Å². The van der Waals surface area contributed by atoms with E-state index in [2.05, 4.69) is 0 Å². The third-order valence-electron chi connectivity index (χ3n) is 4.32. The molecule has 0 saturated carbocycles. The number of carboxylic acids is 8. The number of rotatable bonds is 22. The third kappa shape index (κ3) is 38.0. The smallest absolute Gasteiger partial charge is 0.549 e. The molecule has 0 unspecified atom stereocenters. The SMILES string of the molecule is O=C(O)CN(CCN(CC(=O)O)CC(=O)O)CC(=O)O.O=C([O-])CN(CCN(CC(=O)[O-])CC(=O)O)CC(=O)[O-].[K+].[K+].[Na+]. The minimum absolute atomic E-state index is 0. The minimum atomic E-state index is -1.52. The van der Waals surface area contributed by atoms with Crippen molar-refractivity contribution in [2.24, 2.45) is 0 Å². The second-order valence-corrected chi connectivity index (χ2v) is 7.93. The van der Waals surface area contributed by atoms with Crippen molar-refractivity contribution in [1.29, 1.82) is 0 Å². The molecule has 0 aromatic rings. The zero-order chi connectivity index (χ0) is 31.4. The quantitative estimate of drug-likeness (QED) is 0.0662. The van der Waals surface area contributed by atoms with Crippen molar-refractivity contribution in [3.63, 3.8) is 0 Å². The normalized spacial score (nSPS) is 9.95. The predicted octanol–water partition coefficient (Wildman–Crippen LogP) is -17.1. The van der Waals surface area contributed by atoms with Crippen LogP contribution in [0.3, 0.4) is 0 Å². The predicted molar refractivity (Wildman–Crippen MR) is 119 cm³/mol. The number of carboxylic acid groups (broad SMARTS) is 8. The first-order valence-corrected chi connectivity index (χ1v) is 11.0. The first-order chi connectivity index (χ1) is 18.4. The fourth-order valence-electron chi connectivity index (χ4n) is 2.93. The number of hydrogen-bond donors (Lipinski definition) is 5. The van der Waals surface area contributed by atoms with E-state index in [0.717, 1.165) is 19.6 Å². The van der Waals surface area contributed by atoms with E-state index in [4.69, 9.17) is 25.5 Å². The van der Waals surface area contributed by atoms with Crippen LogP contribution < -0.4 is 148 Å². The molecule has 0 aromatic carbocycles. The Kier molecular flexibility index (Phi) is 37.2. The van der Waals surface area contributed by atoms with Crippen LogP contribution in [0.25, 0.3) is 0 Å². The fourth-order valence-corrected chi connectivity index (χ4v) is 2.93. The molecule has 0 fully saturated rings. The zero-order valence-corrected chi connectivity index (χ0v) is 32.2. The van der Waals surface area contributed by atoms with Crippen molar-refractivity contribution in [2.45, 2.75) is 0 Å². The molecule has 0 heterocycles. The van der Waals surface area contributed by atoms with Gasteiger partial charge in [0.25, 0.3) is 0 Å². The van der Waals surface area contributed by atoms with Crippen LogP contribution in [0.5, 0.6) is 0 Å². The van der Waals surface area contributed by atoms with E-state index in [1.54, 1.807) is 0 Å². The Balaban J connectivity index is -0.000000209. The van der Waals surface area contributed by atoms with Crippen molar-refractivity contribution in [2.75, 3.05) is 78.5 Å². The molecule has 0 spiro atoms. The van der Waals surface area contributed by atoms with Crippen LogP contribution >= 0.6 is 0 Å². The molecule has 0 bridgehead atoms. The fraction of sp³-hybridized carbons (Fsp3) is 0.600. The van der Waals surface area contributed by atoms with Crippen LogP contribution in [0.4, 0.5) is 0 Å². The second-order valence-electron chi connectivity index (χ2n) is 7.93. The summed E-state index contributed by atoms with van der Waals surface area (Å²) in [5.74, 6) is -10.7. The van der Waals surface area contributed by atoms with E-state index in [-0.39, 0.29) is 159 Å². The Bertz CT molecular complexity index is 721. The summed E-state index contributed by atoms with van der Waals surface area (Å²) in [4.78, 5) is 88.0. The van der Waals surface area contributed by atoms with Gasteiger partial charge in [-0.25, -0.2) is 0 Å². The Hall–Kier alpha value is -0.127. The van der Waals surface area contributed by atoms with Crippen molar-refractivity contribution in [3.05, 3.63) is 0 Å². The van der Waals surface area contributed by atoms with Gasteiger partial charge in [0.2, 0.25) is 0 Å². The van der Waals surface area contributed by atoms with Crippen LogP contribution in [0.15, 0.2) is 0 Å². The molecule has 0 aromatic heterocycles. The van der Waals surface area contributed by atoms with Gasteiger partial charge in [-0.3, -0.25) is 43.6 Å². The first-order valence-electron chi connectivity index (χ1n) is 11.0. The second kappa shape index (κ2) is 30.5. The molecule has 20 nitrogen and oxygen atoms in total. The molecular weight excluding hydrogens is 653 g/mol. The average Bonchev–Trinajstić information content (AvgIpc) is 2.72. The first kappa shape index (κ1) is 52.4. The van der Waals surface area contributed by atoms with Crippen LogP contribution in [-0.4, -0.2) is 171 Å². The Morgan fingerprint density at radius 3 is 0.651 bits per heavy atom. The van der Waals surface area contributed by atoms with E-state index in [9.17, 15) is 53.7 Å². The molecule has 43 heavy (non-hydrogen) atoms. The molecule has 0 aliphatic rings. The van der Waals surface area contributed by atoms with Crippen LogP contribution in [0.1, 0.15) is 0 Å². The van der Waals surface area contributed by atoms with Gasteiger partial charge in [-0.1, -0.05) is 0 Å². The van der Waals surface area contributed by atoms with Gasteiger partial charge in [0.1, 0.15) is 0 Å². The molecule has 228 valence electrons. The van der Waals surface area contributed by atoms with Gasteiger partial charge in [-0.2, -0.15) is 0 Å². The maximum atomic E-state index is 10.6. The average molecular weight is 683 g/mol. The minimum Gasteiger partial charge on any atom is -0.549 e. The summed E-state index contributed by atoms with van der Waals surface area (Å²) in [6, 6.07) is 0. The summed E-state index contributed by atoms with van der Waals surface area (Å²) in [7, 11) is 0. The maximum Gasteiger partial charge on any atom is 1.00 e. The van der Waals surface area contributed by atoms with Gasteiger partial charge >= 0.3 is 162 Å². The molecule has 0 saturated heterocycles. The number of nitrogens with zero attached hydrogens (tertiary/aromatic N) is 4. The van der Waals surface area contributed by atoms with Gasteiger partial charge in [-0.05, 0) is 0 Å². The van der Waals surface area contributed by atoms with Crippen molar-refractivity contribution < 1.29 is 212 Å². The number of carbonyl (C=O) groups excluding carboxylic acids is 3. The molecule has 0 amide bonds. The molecule has 0 rings (SSSR count). The van der Waals surface area contributed by atoms with E-state index < -0.39 is 100 Å². The van der Waals surface area contributed by atoms with Crippen molar-refractivity contribution in [3.8, 4) is 0 Å². The summed E-state index contributed by atoms with van der Waals surface area (Å²) in [6.07, 6.45) is 0. The van der Waals surface area contributed by atoms with Crippen molar-refractivity contribution >= 4 is 47.8 Å². The summed E-state index contributed by atoms with van der Waals surface area (Å²) < 4.78 is 0. The van der Waals surface area contributed by atoms with Crippen LogP contribution in [0.2, 0.25) is 0 Å². The Morgan fingerprint density at radius 2 is 0.512 bits per heavy atom. The van der Waals surface area contributed by atoms with Gasteiger partial charge < -0.3 is 55.2 Å². The van der Waals surface area contributed by atoms with Crippen LogP contribution in [0, 0.1) is 0 Å². The van der Waals surface area contributed by atoms with Gasteiger partial charge in [0, 0.05) is 45.8 Å². The van der Waals surface area contributed by atoms with E-state index in [1.807, 2.05) is 0 Å². The Labute approximate surface area is 352 Å². The topological polar surface area (TPSA) is 320 Å². The van der Waals surface area contributed by atoms with Crippen LogP contribution in [-0.2, 0) is 38.4 Å². The summed E-state index contributed by atoms with van der Waals surface area (Å²) >= 11 is 0. The van der Waals surface area contributed by atoms with Gasteiger partial charge in [-0.15, -0.1) is 0 Å². The largest absolute Gasteiger partial charge is 1.00 e. The summed E-state index contributed by atoms with van der Waals surface area (Å²) in [5.41, 5.74) is 0. The maximum absolute atomic E-state index is 10.6. The van der Waals surface area contributed by atoms with Crippen molar-refractivity contribution in [1.82, 2.24) is 19.6 Å². The number of hydrogen-bond acceptors (Lipinski definition) is 15. The third-order valence-corrected chi connectivity index (χ3v) is 4.32. The molecule has 0 atom stereocenters.